The third-order valence-corrected chi connectivity index (χ3v) is 5.72. The first-order chi connectivity index (χ1) is 10.1. The molecule has 0 bridgehead atoms. The molecule has 1 aromatic heterocycles. The van der Waals surface area contributed by atoms with Crippen LogP contribution < -0.4 is 0 Å². The van der Waals surface area contributed by atoms with Gasteiger partial charge in [-0.05, 0) is 36.5 Å². The van der Waals surface area contributed by atoms with Crippen LogP contribution in [0.5, 0.6) is 0 Å². The normalized spacial score (nSPS) is 26.4. The van der Waals surface area contributed by atoms with Crippen LogP contribution in [0.15, 0.2) is 22.7 Å². The van der Waals surface area contributed by atoms with E-state index in [0.717, 1.165) is 28.2 Å². The van der Waals surface area contributed by atoms with Crippen molar-refractivity contribution in [1.82, 2.24) is 9.55 Å². The van der Waals surface area contributed by atoms with E-state index in [4.69, 9.17) is 16.6 Å². The van der Waals surface area contributed by atoms with Crippen molar-refractivity contribution in [3.63, 3.8) is 0 Å². The number of fused-ring (bicyclic) bond motifs is 1. The number of hydrogen-bond donors (Lipinski definition) is 0. The van der Waals surface area contributed by atoms with Crippen LogP contribution in [0.3, 0.4) is 0 Å². The Labute approximate surface area is 140 Å². The summed E-state index contributed by atoms with van der Waals surface area (Å²) < 4.78 is 3.56. The van der Waals surface area contributed by atoms with E-state index in [1.54, 1.807) is 0 Å². The highest BCUT2D eigenvalue weighted by Crippen LogP contribution is 2.40. The van der Waals surface area contributed by atoms with Gasteiger partial charge in [0.25, 0.3) is 0 Å². The molecule has 1 fully saturated rings. The fourth-order valence-electron chi connectivity index (χ4n) is 3.67. The third-order valence-electron chi connectivity index (χ3n) is 5.04. The van der Waals surface area contributed by atoms with Crippen LogP contribution in [0.4, 0.5) is 0 Å². The van der Waals surface area contributed by atoms with Crippen LogP contribution in [0.25, 0.3) is 11.0 Å². The molecule has 1 heterocycles. The maximum absolute atomic E-state index is 6.01. The zero-order valence-corrected chi connectivity index (χ0v) is 15.0. The molecule has 4 heteroatoms. The summed E-state index contributed by atoms with van der Waals surface area (Å²) in [6, 6.07) is 6.97. The lowest BCUT2D eigenvalue weighted by Crippen LogP contribution is -2.28. The SMILES string of the molecule is CC1CCCC(n2c(CCCl)nc3cc(Br)ccc32)C1C. The molecule has 3 unspecified atom stereocenters. The zero-order valence-electron chi connectivity index (χ0n) is 12.6. The quantitative estimate of drug-likeness (QED) is 0.646. The third kappa shape index (κ3) is 2.87. The summed E-state index contributed by atoms with van der Waals surface area (Å²) in [5, 5.41) is 0. The van der Waals surface area contributed by atoms with Crippen molar-refractivity contribution in [3.8, 4) is 0 Å². The van der Waals surface area contributed by atoms with E-state index in [2.05, 4.69) is 52.5 Å². The highest BCUT2D eigenvalue weighted by molar-refractivity contribution is 9.10. The van der Waals surface area contributed by atoms with Crippen LogP contribution in [-0.2, 0) is 6.42 Å². The number of alkyl halides is 1. The molecular weight excluding hydrogens is 348 g/mol. The van der Waals surface area contributed by atoms with Gasteiger partial charge >= 0.3 is 0 Å². The molecule has 0 aliphatic heterocycles. The van der Waals surface area contributed by atoms with Gasteiger partial charge in [-0.25, -0.2) is 4.98 Å². The molecule has 1 aromatic carbocycles. The smallest absolute Gasteiger partial charge is 0.111 e. The van der Waals surface area contributed by atoms with Crippen molar-refractivity contribution in [3.05, 3.63) is 28.5 Å². The van der Waals surface area contributed by atoms with Crippen LogP contribution in [0.2, 0.25) is 0 Å². The van der Waals surface area contributed by atoms with Gasteiger partial charge in [-0.1, -0.05) is 42.6 Å². The minimum Gasteiger partial charge on any atom is -0.325 e. The maximum atomic E-state index is 6.01. The fourth-order valence-corrected chi connectivity index (χ4v) is 4.19. The number of benzene rings is 1. The van der Waals surface area contributed by atoms with Gasteiger partial charge in [-0.2, -0.15) is 0 Å². The molecule has 21 heavy (non-hydrogen) atoms. The number of imidazole rings is 1. The Morgan fingerprint density at radius 2 is 2.14 bits per heavy atom. The Kier molecular flexibility index (Phi) is 4.60. The molecule has 3 atom stereocenters. The predicted molar refractivity (Wildman–Crippen MR) is 93.1 cm³/mol. The van der Waals surface area contributed by atoms with Crippen molar-refractivity contribution in [2.75, 3.05) is 5.88 Å². The second-order valence-electron chi connectivity index (χ2n) is 6.30. The minimum absolute atomic E-state index is 0.554. The second-order valence-corrected chi connectivity index (χ2v) is 7.60. The van der Waals surface area contributed by atoms with Crippen LogP contribution >= 0.6 is 27.5 Å². The Balaban J connectivity index is 2.12. The molecule has 1 saturated carbocycles. The Bertz CT molecular complexity index is 637. The van der Waals surface area contributed by atoms with E-state index in [9.17, 15) is 0 Å². The molecule has 0 saturated heterocycles. The second kappa shape index (κ2) is 6.29. The van der Waals surface area contributed by atoms with E-state index >= 15 is 0 Å². The summed E-state index contributed by atoms with van der Waals surface area (Å²) >= 11 is 9.56. The number of nitrogens with zero attached hydrogens (tertiary/aromatic N) is 2. The molecule has 2 nitrogen and oxygen atoms in total. The maximum Gasteiger partial charge on any atom is 0.111 e. The molecule has 114 valence electrons. The minimum atomic E-state index is 0.554. The fraction of sp³-hybridized carbons (Fsp3) is 0.588. The van der Waals surface area contributed by atoms with Gasteiger partial charge in [0.15, 0.2) is 0 Å². The van der Waals surface area contributed by atoms with Crippen LogP contribution in [-0.4, -0.2) is 15.4 Å². The molecule has 0 N–H and O–H groups in total. The van der Waals surface area contributed by atoms with Gasteiger partial charge in [0.1, 0.15) is 5.82 Å². The Morgan fingerprint density at radius 3 is 2.90 bits per heavy atom. The molecule has 3 rings (SSSR count). The van der Waals surface area contributed by atoms with Gasteiger partial charge in [-0.3, -0.25) is 0 Å². The van der Waals surface area contributed by atoms with Crippen molar-refractivity contribution < 1.29 is 0 Å². The van der Waals surface area contributed by atoms with Gasteiger partial charge < -0.3 is 4.57 Å². The Morgan fingerprint density at radius 1 is 1.33 bits per heavy atom. The van der Waals surface area contributed by atoms with E-state index in [0.29, 0.717) is 17.8 Å². The van der Waals surface area contributed by atoms with Crippen molar-refractivity contribution >= 4 is 38.6 Å². The number of aromatic nitrogens is 2. The molecule has 0 spiro atoms. The van der Waals surface area contributed by atoms with Crippen LogP contribution in [0.1, 0.15) is 45.0 Å². The van der Waals surface area contributed by atoms with Crippen molar-refractivity contribution in [2.24, 2.45) is 11.8 Å². The number of hydrogen-bond acceptors (Lipinski definition) is 1. The lowest BCUT2D eigenvalue weighted by atomic mass is 9.78. The topological polar surface area (TPSA) is 17.8 Å². The predicted octanol–water partition coefficient (Wildman–Crippen LogP) is 5.58. The van der Waals surface area contributed by atoms with Gasteiger partial charge in [-0.15, -0.1) is 11.6 Å². The van der Waals surface area contributed by atoms with Gasteiger partial charge in [0, 0.05) is 22.8 Å². The summed E-state index contributed by atoms with van der Waals surface area (Å²) in [7, 11) is 0. The summed E-state index contributed by atoms with van der Waals surface area (Å²) in [6.45, 7) is 4.78. The number of aryl methyl sites for hydroxylation is 1. The molecule has 2 aromatic rings. The van der Waals surface area contributed by atoms with Crippen molar-refractivity contribution in [2.45, 2.75) is 45.6 Å². The first-order valence-electron chi connectivity index (χ1n) is 7.84. The highest BCUT2D eigenvalue weighted by Gasteiger charge is 2.30. The monoisotopic (exact) mass is 368 g/mol. The molecule has 1 aliphatic rings. The lowest BCUT2D eigenvalue weighted by Gasteiger charge is -2.36. The van der Waals surface area contributed by atoms with Crippen molar-refractivity contribution in [1.29, 1.82) is 0 Å². The zero-order chi connectivity index (χ0) is 15.0. The van der Waals surface area contributed by atoms with Gasteiger partial charge in [0.05, 0.1) is 11.0 Å². The van der Waals surface area contributed by atoms with Gasteiger partial charge in [0.2, 0.25) is 0 Å². The highest BCUT2D eigenvalue weighted by atomic mass is 79.9. The number of rotatable bonds is 3. The summed E-state index contributed by atoms with van der Waals surface area (Å²) in [5.74, 6) is 3.24. The Hall–Kier alpha value is -0.540. The summed E-state index contributed by atoms with van der Waals surface area (Å²) in [6.07, 6.45) is 4.75. The standard InChI is InChI=1S/C17H22BrClN2/c1-11-4-3-5-15(12(11)2)21-16-7-6-13(18)10-14(16)20-17(21)8-9-19/h6-7,10-12,15H,3-5,8-9H2,1-2H3. The van der Waals surface area contributed by atoms with E-state index < -0.39 is 0 Å². The van der Waals surface area contributed by atoms with E-state index in [-0.39, 0.29) is 0 Å². The number of halogens is 2. The largest absolute Gasteiger partial charge is 0.325 e. The van der Waals surface area contributed by atoms with E-state index in [1.165, 1.54) is 24.8 Å². The average Bonchev–Trinajstić information content (AvgIpc) is 2.79. The van der Waals surface area contributed by atoms with E-state index in [1.807, 2.05) is 0 Å². The molecule has 1 aliphatic carbocycles. The molecular formula is C17H22BrClN2. The summed E-state index contributed by atoms with van der Waals surface area (Å²) in [5.41, 5.74) is 2.33. The first kappa shape index (κ1) is 15.4. The van der Waals surface area contributed by atoms with Crippen LogP contribution in [0, 0.1) is 11.8 Å². The first-order valence-corrected chi connectivity index (χ1v) is 9.17. The average molecular weight is 370 g/mol. The summed E-state index contributed by atoms with van der Waals surface area (Å²) in [4.78, 5) is 4.85. The molecule has 0 radical (unpaired) electrons. The lowest BCUT2D eigenvalue weighted by molar-refractivity contribution is 0.187. The molecule has 0 amide bonds.